The molecule has 6 heteroatoms. The van der Waals surface area contributed by atoms with Gasteiger partial charge in [-0.1, -0.05) is 42.5 Å². The van der Waals surface area contributed by atoms with E-state index in [9.17, 15) is 14.4 Å². The normalized spacial score (nSPS) is 24.0. The molecule has 0 aromatic heterocycles. The van der Waals surface area contributed by atoms with Crippen molar-refractivity contribution in [2.45, 2.75) is 30.7 Å². The highest BCUT2D eigenvalue weighted by molar-refractivity contribution is 8.00. The topological polar surface area (TPSA) is 66.5 Å². The summed E-state index contributed by atoms with van der Waals surface area (Å²) >= 11 is 1.66. The molecule has 2 atom stereocenters. The van der Waals surface area contributed by atoms with Crippen LogP contribution in [-0.4, -0.2) is 34.3 Å². The lowest BCUT2D eigenvalue weighted by molar-refractivity contribution is -0.136. The maximum Gasteiger partial charge on any atom is 0.248 e. The minimum atomic E-state index is -0.522. The van der Waals surface area contributed by atoms with Crippen LogP contribution in [0.4, 0.5) is 5.69 Å². The Morgan fingerprint density at radius 1 is 1.15 bits per heavy atom. The molecule has 2 aliphatic heterocycles. The standard InChI is InChI=1S/C21H20N2O3S/c1-14(24)15-6-5-9-17(12-15)22-20(26)18-13-27-21(11-10-19(25)23(18)21)16-7-3-2-4-8-16/h2-9,12,18H,10-11,13H2,1H3,(H,22,26)/t18-,21-/m0/s1. The van der Waals surface area contributed by atoms with Crippen molar-refractivity contribution in [2.75, 3.05) is 11.1 Å². The first-order chi connectivity index (χ1) is 13.0. The smallest absolute Gasteiger partial charge is 0.248 e. The third-order valence-electron chi connectivity index (χ3n) is 5.19. The van der Waals surface area contributed by atoms with Gasteiger partial charge in [0, 0.05) is 23.4 Å². The van der Waals surface area contributed by atoms with Crippen LogP contribution in [-0.2, 0) is 14.5 Å². The lowest BCUT2D eigenvalue weighted by atomic mass is 10.0. The van der Waals surface area contributed by atoms with Gasteiger partial charge in [-0.05, 0) is 31.0 Å². The van der Waals surface area contributed by atoms with Crippen molar-refractivity contribution in [2.24, 2.45) is 0 Å². The van der Waals surface area contributed by atoms with Crippen molar-refractivity contribution >= 4 is 35.0 Å². The third kappa shape index (κ3) is 3.04. The summed E-state index contributed by atoms with van der Waals surface area (Å²) in [5.41, 5.74) is 2.18. The van der Waals surface area contributed by atoms with Crippen LogP contribution >= 0.6 is 11.8 Å². The van der Waals surface area contributed by atoms with Gasteiger partial charge in [-0.15, -0.1) is 11.8 Å². The van der Waals surface area contributed by atoms with Crippen molar-refractivity contribution in [3.8, 4) is 0 Å². The second-order valence-electron chi connectivity index (χ2n) is 6.87. The Kier molecular flexibility index (Phi) is 4.52. The molecule has 2 aliphatic rings. The number of fused-ring (bicyclic) bond motifs is 1. The molecule has 0 saturated carbocycles. The molecule has 2 fully saturated rings. The van der Waals surface area contributed by atoms with E-state index in [0.717, 1.165) is 5.56 Å². The van der Waals surface area contributed by atoms with Crippen LogP contribution in [0.2, 0.25) is 0 Å². The molecule has 2 aromatic rings. The first-order valence-corrected chi connectivity index (χ1v) is 9.93. The van der Waals surface area contributed by atoms with Crippen LogP contribution in [0.25, 0.3) is 0 Å². The number of carbonyl (C=O) groups excluding carboxylic acids is 3. The highest BCUT2D eigenvalue weighted by Crippen LogP contribution is 2.54. The van der Waals surface area contributed by atoms with Crippen LogP contribution in [0.3, 0.4) is 0 Å². The molecule has 0 spiro atoms. The van der Waals surface area contributed by atoms with Gasteiger partial charge in [-0.2, -0.15) is 0 Å². The fourth-order valence-corrected chi connectivity index (χ4v) is 5.53. The number of hydrogen-bond donors (Lipinski definition) is 1. The summed E-state index contributed by atoms with van der Waals surface area (Å²) in [6, 6.07) is 16.3. The number of carbonyl (C=O) groups is 3. The summed E-state index contributed by atoms with van der Waals surface area (Å²) in [5, 5.41) is 2.88. The molecular formula is C21H20N2O3S. The predicted molar refractivity (Wildman–Crippen MR) is 106 cm³/mol. The second kappa shape index (κ2) is 6.85. The number of hydrogen-bond acceptors (Lipinski definition) is 4. The lowest BCUT2D eigenvalue weighted by Crippen LogP contribution is -2.48. The number of benzene rings is 2. The second-order valence-corrected chi connectivity index (χ2v) is 8.16. The Labute approximate surface area is 162 Å². The fourth-order valence-electron chi connectivity index (χ4n) is 3.88. The number of thioether (sulfide) groups is 1. The molecule has 5 nitrogen and oxygen atoms in total. The molecule has 1 N–H and O–H groups in total. The van der Waals surface area contributed by atoms with Gasteiger partial charge < -0.3 is 10.2 Å². The molecular weight excluding hydrogens is 360 g/mol. The Morgan fingerprint density at radius 2 is 1.93 bits per heavy atom. The van der Waals surface area contributed by atoms with Gasteiger partial charge >= 0.3 is 0 Å². The number of rotatable bonds is 4. The van der Waals surface area contributed by atoms with E-state index in [0.29, 0.717) is 29.8 Å². The molecule has 0 unspecified atom stereocenters. The molecule has 0 bridgehead atoms. The van der Waals surface area contributed by atoms with Gasteiger partial charge in [0.2, 0.25) is 11.8 Å². The van der Waals surface area contributed by atoms with Crippen LogP contribution in [0, 0.1) is 0 Å². The van der Waals surface area contributed by atoms with Crippen LogP contribution < -0.4 is 5.32 Å². The van der Waals surface area contributed by atoms with Crippen LogP contribution in [0.1, 0.15) is 35.7 Å². The third-order valence-corrected chi connectivity index (χ3v) is 6.79. The average molecular weight is 380 g/mol. The largest absolute Gasteiger partial charge is 0.324 e. The van der Waals surface area contributed by atoms with Gasteiger partial charge in [0.05, 0.1) is 0 Å². The number of nitrogens with zero attached hydrogens (tertiary/aromatic N) is 1. The minimum Gasteiger partial charge on any atom is -0.324 e. The SMILES string of the molecule is CC(=O)c1cccc(NC(=O)[C@@H]2CS[C@]3(c4ccccc4)CCC(=O)N23)c1. The van der Waals surface area contributed by atoms with Crippen molar-refractivity contribution in [3.63, 3.8) is 0 Å². The molecule has 138 valence electrons. The summed E-state index contributed by atoms with van der Waals surface area (Å²) in [6.07, 6.45) is 1.16. The number of ketones is 1. The van der Waals surface area contributed by atoms with E-state index in [1.807, 2.05) is 30.3 Å². The van der Waals surface area contributed by atoms with Crippen molar-refractivity contribution in [1.82, 2.24) is 4.90 Å². The minimum absolute atomic E-state index is 0.0153. The number of amides is 2. The number of anilines is 1. The zero-order chi connectivity index (χ0) is 19.0. The Balaban J connectivity index is 1.59. The van der Waals surface area contributed by atoms with E-state index in [1.165, 1.54) is 6.92 Å². The van der Waals surface area contributed by atoms with Gasteiger partial charge in [-0.25, -0.2) is 0 Å². The van der Waals surface area contributed by atoms with E-state index >= 15 is 0 Å². The summed E-state index contributed by atoms with van der Waals surface area (Å²) in [6.45, 7) is 1.49. The molecule has 4 rings (SSSR count). The Bertz CT molecular complexity index is 915. The number of Topliss-reactive ketones (excluding diaryl/α,β-unsaturated/α-hetero) is 1. The summed E-state index contributed by atoms with van der Waals surface area (Å²) in [5.74, 6) is 0.303. The average Bonchev–Trinajstić information content (AvgIpc) is 3.22. The van der Waals surface area contributed by atoms with Crippen LogP contribution in [0.5, 0.6) is 0 Å². The zero-order valence-corrected chi connectivity index (χ0v) is 15.8. The summed E-state index contributed by atoms with van der Waals surface area (Å²) < 4.78 is 0. The highest BCUT2D eigenvalue weighted by Gasteiger charge is 2.56. The molecule has 2 aromatic carbocycles. The first-order valence-electron chi connectivity index (χ1n) is 8.95. The molecule has 27 heavy (non-hydrogen) atoms. The van der Waals surface area contributed by atoms with Gasteiger partial charge in [0.25, 0.3) is 0 Å². The van der Waals surface area contributed by atoms with Gasteiger partial charge in [-0.3, -0.25) is 14.4 Å². The van der Waals surface area contributed by atoms with Crippen molar-refractivity contribution in [1.29, 1.82) is 0 Å². The van der Waals surface area contributed by atoms with Gasteiger partial charge in [0.1, 0.15) is 10.9 Å². The molecule has 2 heterocycles. The monoisotopic (exact) mass is 380 g/mol. The summed E-state index contributed by atoms with van der Waals surface area (Å²) in [4.78, 5) is 38.5. The summed E-state index contributed by atoms with van der Waals surface area (Å²) in [7, 11) is 0. The highest BCUT2D eigenvalue weighted by atomic mass is 32.2. The van der Waals surface area contributed by atoms with Crippen molar-refractivity contribution in [3.05, 3.63) is 65.7 Å². The first kappa shape index (κ1) is 17.8. The maximum atomic E-state index is 13.0. The van der Waals surface area contributed by atoms with E-state index in [-0.39, 0.29) is 17.6 Å². The zero-order valence-electron chi connectivity index (χ0n) is 15.0. The molecule has 2 saturated heterocycles. The molecule has 0 radical (unpaired) electrons. The van der Waals surface area contributed by atoms with E-state index in [2.05, 4.69) is 5.32 Å². The van der Waals surface area contributed by atoms with Crippen LogP contribution in [0.15, 0.2) is 54.6 Å². The van der Waals surface area contributed by atoms with E-state index in [1.54, 1.807) is 40.9 Å². The fraction of sp³-hybridized carbons (Fsp3) is 0.286. The number of nitrogens with one attached hydrogen (secondary N) is 1. The van der Waals surface area contributed by atoms with E-state index < -0.39 is 10.9 Å². The molecule has 0 aliphatic carbocycles. The lowest BCUT2D eigenvalue weighted by Gasteiger charge is -2.34. The quantitative estimate of drug-likeness (QED) is 0.826. The van der Waals surface area contributed by atoms with Gasteiger partial charge in [0.15, 0.2) is 5.78 Å². The Hall–Kier alpha value is -2.60. The van der Waals surface area contributed by atoms with E-state index in [4.69, 9.17) is 0 Å². The Morgan fingerprint density at radius 3 is 2.67 bits per heavy atom. The predicted octanol–water partition coefficient (Wildman–Crippen LogP) is 3.42. The maximum absolute atomic E-state index is 13.0. The van der Waals surface area contributed by atoms with Crippen molar-refractivity contribution < 1.29 is 14.4 Å². The molecule has 2 amide bonds.